The predicted molar refractivity (Wildman–Crippen MR) is 105 cm³/mol. The van der Waals surface area contributed by atoms with E-state index in [1.165, 1.54) is 23.8 Å². The van der Waals surface area contributed by atoms with Gasteiger partial charge in [-0.1, -0.05) is 18.2 Å². The maximum atomic E-state index is 13.2. The van der Waals surface area contributed by atoms with Crippen LogP contribution in [0.1, 0.15) is 46.5 Å². The van der Waals surface area contributed by atoms with Gasteiger partial charge >= 0.3 is 6.18 Å². The molecule has 1 aliphatic rings. The van der Waals surface area contributed by atoms with Crippen molar-refractivity contribution in [2.75, 3.05) is 0 Å². The van der Waals surface area contributed by atoms with Crippen LogP contribution in [0.4, 0.5) is 13.2 Å². The quantitative estimate of drug-likeness (QED) is 0.607. The lowest BCUT2D eigenvalue weighted by atomic mass is 10.0. The van der Waals surface area contributed by atoms with E-state index < -0.39 is 11.8 Å². The Morgan fingerprint density at radius 3 is 2.61 bits per heavy atom. The van der Waals surface area contributed by atoms with E-state index in [-0.39, 0.29) is 5.01 Å². The Morgan fingerprint density at radius 2 is 1.96 bits per heavy atom. The van der Waals surface area contributed by atoms with E-state index in [2.05, 4.69) is 27.8 Å². The molecule has 3 nitrogen and oxygen atoms in total. The van der Waals surface area contributed by atoms with Crippen LogP contribution in [-0.2, 0) is 18.6 Å². The molecule has 1 fully saturated rings. The molecule has 0 radical (unpaired) electrons. The molecule has 3 aromatic rings. The third-order valence-electron chi connectivity index (χ3n) is 5.57. The zero-order chi connectivity index (χ0) is 20.3. The Morgan fingerprint density at radius 1 is 1.25 bits per heavy atom. The third kappa shape index (κ3) is 3.35. The van der Waals surface area contributed by atoms with Crippen molar-refractivity contribution in [2.24, 2.45) is 5.92 Å². The lowest BCUT2D eigenvalue weighted by molar-refractivity contribution is -0.258. The van der Waals surface area contributed by atoms with E-state index in [0.717, 1.165) is 41.7 Å². The maximum Gasteiger partial charge on any atom is 0.423 e. The van der Waals surface area contributed by atoms with Crippen molar-refractivity contribution in [3.63, 3.8) is 0 Å². The van der Waals surface area contributed by atoms with Crippen molar-refractivity contribution in [1.82, 2.24) is 9.55 Å². The van der Waals surface area contributed by atoms with Crippen molar-refractivity contribution in [3.05, 3.63) is 51.1 Å². The largest absolute Gasteiger partial charge is 0.423 e. The fourth-order valence-electron chi connectivity index (χ4n) is 3.60. The number of para-hydroxylation sites is 1. The highest BCUT2D eigenvalue weighted by molar-refractivity contribution is 7.11. The van der Waals surface area contributed by atoms with Gasteiger partial charge in [0, 0.05) is 16.5 Å². The lowest BCUT2D eigenvalue weighted by Gasteiger charge is -2.23. The lowest BCUT2D eigenvalue weighted by Crippen LogP contribution is -2.39. The van der Waals surface area contributed by atoms with Crippen LogP contribution in [0.15, 0.2) is 24.4 Å². The molecule has 1 aromatic carbocycles. The van der Waals surface area contributed by atoms with Gasteiger partial charge in [-0.15, -0.1) is 11.3 Å². The van der Waals surface area contributed by atoms with Crippen molar-refractivity contribution in [3.8, 4) is 0 Å². The molecule has 0 spiro atoms. The minimum atomic E-state index is -4.76. The molecule has 0 aliphatic heterocycles. The van der Waals surface area contributed by atoms with E-state index >= 15 is 0 Å². The van der Waals surface area contributed by atoms with Crippen molar-refractivity contribution >= 4 is 22.2 Å². The van der Waals surface area contributed by atoms with Crippen molar-refractivity contribution in [1.29, 1.82) is 0 Å². The topological polar surface area (TPSA) is 38.1 Å². The van der Waals surface area contributed by atoms with Crippen molar-refractivity contribution in [2.45, 2.75) is 58.4 Å². The number of benzene rings is 1. The van der Waals surface area contributed by atoms with Crippen LogP contribution in [-0.4, -0.2) is 20.8 Å². The first-order chi connectivity index (χ1) is 13.1. The molecule has 2 aromatic heterocycles. The van der Waals surface area contributed by atoms with Gasteiger partial charge in [-0.25, -0.2) is 4.98 Å². The van der Waals surface area contributed by atoms with E-state index in [1.807, 2.05) is 13.1 Å². The zero-order valence-corrected chi connectivity index (χ0v) is 16.9. The van der Waals surface area contributed by atoms with E-state index in [4.69, 9.17) is 0 Å². The van der Waals surface area contributed by atoms with Gasteiger partial charge in [0.25, 0.3) is 0 Å². The van der Waals surface area contributed by atoms with Crippen LogP contribution in [0.5, 0.6) is 0 Å². The average Bonchev–Trinajstić information content (AvgIpc) is 3.26. The zero-order valence-electron chi connectivity index (χ0n) is 16.1. The third-order valence-corrected chi connectivity index (χ3v) is 6.79. The van der Waals surface area contributed by atoms with Crippen LogP contribution < -0.4 is 0 Å². The molecular weight excluding hydrogens is 385 g/mol. The van der Waals surface area contributed by atoms with Gasteiger partial charge < -0.3 is 9.67 Å². The number of aryl methyl sites for hydroxylation is 2. The Kier molecular flexibility index (Phi) is 4.58. The number of fused-ring (bicyclic) bond motifs is 1. The first-order valence-corrected chi connectivity index (χ1v) is 10.2. The summed E-state index contributed by atoms with van der Waals surface area (Å²) in [4.78, 5) is 4.88. The summed E-state index contributed by atoms with van der Waals surface area (Å²) in [5.41, 5.74) is 1.20. The average molecular weight is 408 g/mol. The minimum Gasteiger partial charge on any atom is -0.375 e. The second-order valence-electron chi connectivity index (χ2n) is 7.99. The molecule has 150 valence electrons. The van der Waals surface area contributed by atoms with Gasteiger partial charge in [0.05, 0.1) is 17.8 Å². The summed E-state index contributed by atoms with van der Waals surface area (Å²) in [6, 6.07) is 6.31. The summed E-state index contributed by atoms with van der Waals surface area (Å²) < 4.78 is 41.7. The van der Waals surface area contributed by atoms with Gasteiger partial charge in [0.2, 0.25) is 5.60 Å². The number of halogens is 3. The SMILES string of the molecule is Cc1sc(C(C)(O)C(F)(F)F)nc1Cn1cc(C)c2cccc(CC3CC3)c21. The Bertz CT molecular complexity index is 1030. The number of aromatic nitrogens is 2. The maximum absolute atomic E-state index is 13.2. The van der Waals surface area contributed by atoms with Gasteiger partial charge in [0.1, 0.15) is 5.01 Å². The van der Waals surface area contributed by atoms with Gasteiger partial charge in [-0.3, -0.25) is 0 Å². The summed E-state index contributed by atoms with van der Waals surface area (Å²) in [5, 5.41) is 10.8. The van der Waals surface area contributed by atoms with E-state index in [9.17, 15) is 18.3 Å². The number of aliphatic hydroxyl groups is 1. The van der Waals surface area contributed by atoms with Gasteiger partial charge in [-0.2, -0.15) is 13.2 Å². The molecule has 4 rings (SSSR count). The number of rotatable bonds is 5. The van der Waals surface area contributed by atoms with Crippen molar-refractivity contribution < 1.29 is 18.3 Å². The number of hydrogen-bond donors (Lipinski definition) is 1. The summed E-state index contributed by atoms with van der Waals surface area (Å²) in [5.74, 6) is 0.740. The molecule has 1 saturated carbocycles. The van der Waals surface area contributed by atoms with E-state index in [1.54, 1.807) is 6.92 Å². The number of thiazole rings is 1. The highest BCUT2D eigenvalue weighted by Gasteiger charge is 2.53. The highest BCUT2D eigenvalue weighted by Crippen LogP contribution is 2.41. The summed E-state index contributed by atoms with van der Waals surface area (Å²) in [6.45, 7) is 4.96. The molecule has 0 amide bonds. The van der Waals surface area contributed by atoms with Crippen LogP contribution in [0.3, 0.4) is 0 Å². The summed E-state index contributed by atoms with van der Waals surface area (Å²) in [6.07, 6.45) is 0.837. The van der Waals surface area contributed by atoms with Crippen LogP contribution in [0.2, 0.25) is 0 Å². The summed E-state index contributed by atoms with van der Waals surface area (Å²) >= 11 is 0.910. The monoisotopic (exact) mass is 408 g/mol. The molecular formula is C21H23F3N2OS. The fraction of sp³-hybridized carbons (Fsp3) is 0.476. The predicted octanol–water partition coefficient (Wildman–Crippen LogP) is 5.49. The normalized spacial score (nSPS) is 17.2. The Hall–Kier alpha value is -1.86. The number of nitrogens with zero attached hydrogens (tertiary/aromatic N) is 2. The van der Waals surface area contributed by atoms with Gasteiger partial charge in [-0.05, 0) is 57.1 Å². The first-order valence-electron chi connectivity index (χ1n) is 9.41. The second-order valence-corrected chi connectivity index (χ2v) is 9.20. The second kappa shape index (κ2) is 6.59. The summed E-state index contributed by atoms with van der Waals surface area (Å²) in [7, 11) is 0. The Labute approximate surface area is 165 Å². The molecule has 1 atom stereocenters. The molecule has 1 N–H and O–H groups in total. The minimum absolute atomic E-state index is 0.307. The smallest absolute Gasteiger partial charge is 0.375 e. The van der Waals surface area contributed by atoms with Crippen LogP contribution in [0.25, 0.3) is 10.9 Å². The fourth-order valence-corrected chi connectivity index (χ4v) is 4.59. The highest BCUT2D eigenvalue weighted by atomic mass is 32.1. The van der Waals surface area contributed by atoms with E-state index in [0.29, 0.717) is 17.1 Å². The van der Waals surface area contributed by atoms with Gasteiger partial charge in [0.15, 0.2) is 0 Å². The molecule has 1 unspecified atom stereocenters. The molecule has 0 saturated heterocycles. The Balaban J connectivity index is 1.73. The molecule has 28 heavy (non-hydrogen) atoms. The molecule has 2 heterocycles. The molecule has 7 heteroatoms. The standard InChI is InChI=1S/C21H23F3N2OS/c1-12-10-26(18-15(9-14-7-8-14)5-4-6-16(12)18)11-17-13(2)28-19(25-17)20(3,27)21(22,23)24/h4-6,10,14,27H,7-9,11H2,1-3H3. The molecule has 1 aliphatic carbocycles. The van der Waals surface area contributed by atoms with Crippen LogP contribution in [0, 0.1) is 19.8 Å². The number of hydrogen-bond acceptors (Lipinski definition) is 3. The first kappa shape index (κ1) is 19.5. The number of alkyl halides is 3. The molecule has 0 bridgehead atoms. The van der Waals surface area contributed by atoms with Crippen LogP contribution >= 0.6 is 11.3 Å².